The number of carbonyl (C=O) groups is 1. The molecule has 0 aromatic heterocycles. The van der Waals surface area contributed by atoms with Crippen LogP contribution in [0.2, 0.25) is 0 Å². The summed E-state index contributed by atoms with van der Waals surface area (Å²) in [5.41, 5.74) is 0. The normalized spacial score (nSPS) is 14.2. The molecule has 0 aliphatic rings. The van der Waals surface area contributed by atoms with E-state index in [0.717, 1.165) is 57.8 Å². The molecule has 0 aliphatic carbocycles. The fraction of sp³-hybridized carbons (Fsp3) is 0.824. The van der Waals surface area contributed by atoms with Gasteiger partial charge in [-0.1, -0.05) is 191 Å². The molecule has 0 fully saturated rings. The summed E-state index contributed by atoms with van der Waals surface area (Å²) in [6.07, 6.45) is 55.0. The lowest BCUT2D eigenvalue weighted by molar-refractivity contribution is -0.154. The van der Waals surface area contributed by atoms with Crippen LogP contribution >= 0.6 is 7.82 Å². The number of rotatable bonds is 48. The summed E-state index contributed by atoms with van der Waals surface area (Å²) in [6.45, 7) is 3.49. The molecule has 9 nitrogen and oxygen atoms in total. The van der Waals surface area contributed by atoms with Gasteiger partial charge in [0.05, 0.1) is 26.4 Å². The van der Waals surface area contributed by atoms with Crippen LogP contribution in [0.15, 0.2) is 48.6 Å². The van der Waals surface area contributed by atoms with Crippen molar-refractivity contribution in [3.63, 3.8) is 0 Å². The largest absolute Gasteiger partial charge is 0.472 e. The maximum Gasteiger partial charge on any atom is 0.472 e. The topological polar surface area (TPSA) is 132 Å². The second-order valence-electron chi connectivity index (χ2n) is 16.8. The van der Waals surface area contributed by atoms with E-state index in [1.807, 2.05) is 0 Å². The van der Waals surface area contributed by atoms with Crippen LogP contribution in [0.25, 0.3) is 0 Å². The van der Waals surface area contributed by atoms with Gasteiger partial charge in [0.1, 0.15) is 12.2 Å². The Morgan fingerprint density at radius 2 is 0.885 bits per heavy atom. The van der Waals surface area contributed by atoms with Crippen molar-refractivity contribution in [2.75, 3.05) is 33.0 Å². The Labute approximate surface area is 375 Å². The number of allylic oxidation sites excluding steroid dienone is 8. The van der Waals surface area contributed by atoms with E-state index in [2.05, 4.69) is 62.5 Å². The maximum atomic E-state index is 12.7. The van der Waals surface area contributed by atoms with Gasteiger partial charge in [-0.05, 0) is 77.0 Å². The molecule has 0 bridgehead atoms. The Morgan fingerprint density at radius 1 is 0.508 bits per heavy atom. The number of esters is 1. The maximum absolute atomic E-state index is 12.7. The number of ether oxygens (including phenoxy) is 2. The summed E-state index contributed by atoms with van der Waals surface area (Å²) in [5.74, 6) is -0.387. The second-order valence-corrected chi connectivity index (χ2v) is 18.3. The molecular formula is C51H95O9P. The van der Waals surface area contributed by atoms with E-state index in [4.69, 9.17) is 23.6 Å². The van der Waals surface area contributed by atoms with E-state index in [1.54, 1.807) is 0 Å². The van der Waals surface area contributed by atoms with Crippen molar-refractivity contribution in [3.8, 4) is 0 Å². The summed E-state index contributed by atoms with van der Waals surface area (Å²) in [5, 5.41) is 18.4. The molecule has 0 amide bonds. The fourth-order valence-electron chi connectivity index (χ4n) is 6.89. The van der Waals surface area contributed by atoms with Gasteiger partial charge in [-0.3, -0.25) is 13.8 Å². The number of unbranched alkanes of at least 4 members (excludes halogenated alkanes) is 26. The van der Waals surface area contributed by atoms with Crippen LogP contribution < -0.4 is 0 Å². The average molecular weight is 883 g/mol. The number of hydrogen-bond donors (Lipinski definition) is 3. The predicted octanol–water partition coefficient (Wildman–Crippen LogP) is 14.5. The molecule has 10 heteroatoms. The summed E-state index contributed by atoms with van der Waals surface area (Å²) >= 11 is 0. The fourth-order valence-corrected chi connectivity index (χ4v) is 7.68. The number of phosphoric acid groups is 1. The van der Waals surface area contributed by atoms with Gasteiger partial charge in [-0.2, -0.15) is 0 Å². The van der Waals surface area contributed by atoms with E-state index >= 15 is 0 Å². The number of aliphatic hydroxyl groups excluding tert-OH is 2. The molecule has 0 rings (SSSR count). The minimum absolute atomic E-state index is 0.0413. The molecule has 0 aromatic carbocycles. The highest BCUT2D eigenvalue weighted by atomic mass is 31.2. The Balaban J connectivity index is 4.09. The van der Waals surface area contributed by atoms with Crippen molar-refractivity contribution in [2.24, 2.45) is 0 Å². The van der Waals surface area contributed by atoms with Gasteiger partial charge >= 0.3 is 13.8 Å². The smallest absolute Gasteiger partial charge is 0.457 e. The monoisotopic (exact) mass is 883 g/mol. The third-order valence-electron chi connectivity index (χ3n) is 10.7. The highest BCUT2D eigenvalue weighted by molar-refractivity contribution is 7.47. The van der Waals surface area contributed by atoms with Gasteiger partial charge < -0.3 is 24.6 Å². The summed E-state index contributed by atoms with van der Waals surface area (Å²) < 4.78 is 33.5. The summed E-state index contributed by atoms with van der Waals surface area (Å²) in [7, 11) is -4.53. The average Bonchev–Trinajstić information content (AvgIpc) is 3.25. The first-order chi connectivity index (χ1) is 29.8. The summed E-state index contributed by atoms with van der Waals surface area (Å²) in [4.78, 5) is 22.7. The molecule has 0 aliphatic heterocycles. The highest BCUT2D eigenvalue weighted by Crippen LogP contribution is 2.43. The van der Waals surface area contributed by atoms with Gasteiger partial charge in [0.25, 0.3) is 0 Å². The summed E-state index contributed by atoms with van der Waals surface area (Å²) in [6, 6.07) is 0. The lowest BCUT2D eigenvalue weighted by atomic mass is 10.0. The van der Waals surface area contributed by atoms with Gasteiger partial charge in [0, 0.05) is 13.0 Å². The zero-order valence-corrected chi connectivity index (χ0v) is 40.3. The molecule has 61 heavy (non-hydrogen) atoms. The van der Waals surface area contributed by atoms with Crippen LogP contribution in [0, 0.1) is 0 Å². The number of aliphatic hydroxyl groups is 2. The van der Waals surface area contributed by atoms with E-state index in [9.17, 15) is 19.4 Å². The van der Waals surface area contributed by atoms with Gasteiger partial charge in [-0.15, -0.1) is 0 Å². The molecule has 0 saturated heterocycles. The van der Waals surface area contributed by atoms with Crippen molar-refractivity contribution in [3.05, 3.63) is 48.6 Å². The van der Waals surface area contributed by atoms with Crippen LogP contribution in [-0.4, -0.2) is 66.3 Å². The predicted molar refractivity (Wildman–Crippen MR) is 256 cm³/mol. The zero-order valence-electron chi connectivity index (χ0n) is 39.4. The second kappa shape index (κ2) is 47.9. The van der Waals surface area contributed by atoms with E-state index in [0.29, 0.717) is 6.61 Å². The Kier molecular flexibility index (Phi) is 46.6. The van der Waals surface area contributed by atoms with Gasteiger partial charge in [0.15, 0.2) is 0 Å². The minimum Gasteiger partial charge on any atom is -0.457 e. The van der Waals surface area contributed by atoms with Crippen LogP contribution in [0.3, 0.4) is 0 Å². The van der Waals surface area contributed by atoms with Crippen molar-refractivity contribution in [2.45, 2.75) is 238 Å². The number of phosphoric ester groups is 1. The third-order valence-corrected chi connectivity index (χ3v) is 11.7. The van der Waals surface area contributed by atoms with E-state index in [-0.39, 0.29) is 25.6 Å². The first kappa shape index (κ1) is 59.4. The SMILES string of the molecule is CCCCCC/C=C\C/C=C\CCCCCCCCOCC(COP(=O)(O)OCC(O)CO)OC(=O)CCCCCCCCCCCCC/C=C\C/C=C\CCCCCCC. The first-order valence-electron chi connectivity index (χ1n) is 25.1. The van der Waals surface area contributed by atoms with Crippen molar-refractivity contribution < 1.29 is 43.0 Å². The van der Waals surface area contributed by atoms with Crippen LogP contribution in [0.4, 0.5) is 0 Å². The number of hydrogen-bond acceptors (Lipinski definition) is 8. The molecule has 0 aromatic rings. The Morgan fingerprint density at radius 3 is 1.33 bits per heavy atom. The van der Waals surface area contributed by atoms with E-state index in [1.165, 1.54) is 148 Å². The Hall–Kier alpha value is -1.58. The van der Waals surface area contributed by atoms with Crippen molar-refractivity contribution >= 4 is 13.8 Å². The highest BCUT2D eigenvalue weighted by Gasteiger charge is 2.26. The van der Waals surface area contributed by atoms with Crippen LogP contribution in [-0.2, 0) is 27.9 Å². The quantitative estimate of drug-likeness (QED) is 0.0236. The van der Waals surface area contributed by atoms with Crippen LogP contribution in [0.5, 0.6) is 0 Å². The Bertz CT molecular complexity index is 1090. The molecule has 0 spiro atoms. The molecule has 0 heterocycles. The van der Waals surface area contributed by atoms with Crippen LogP contribution in [0.1, 0.15) is 226 Å². The molecule has 0 saturated carbocycles. The molecule has 358 valence electrons. The first-order valence-corrected chi connectivity index (χ1v) is 26.6. The van der Waals surface area contributed by atoms with Crippen molar-refractivity contribution in [1.29, 1.82) is 0 Å². The molecule has 0 radical (unpaired) electrons. The molecule has 3 unspecified atom stereocenters. The van der Waals surface area contributed by atoms with E-state index < -0.39 is 33.2 Å². The standard InChI is InChI=1S/C51H95O9P/c1-3-5-7-9-11-13-15-17-19-21-22-23-24-25-26-27-29-31-33-35-37-39-41-43-51(54)60-50(48-59-61(55,56)58-46-49(53)45-52)47-57-44-42-40-38-36-34-32-30-28-20-18-16-14-12-10-8-6-4-2/h14-17,20-22,28,49-50,52-53H,3-13,18-19,23-27,29-48H2,1-2H3,(H,55,56)/b16-14-,17-15-,22-21-,28-20-. The third kappa shape index (κ3) is 47.7. The molecule has 3 N–H and O–H groups in total. The molecule has 3 atom stereocenters. The minimum atomic E-state index is -4.53. The lowest BCUT2D eigenvalue weighted by Crippen LogP contribution is -2.29. The lowest BCUT2D eigenvalue weighted by Gasteiger charge is -2.20. The number of carbonyl (C=O) groups excluding carboxylic acids is 1. The molecular weight excluding hydrogens is 788 g/mol. The van der Waals surface area contributed by atoms with Crippen molar-refractivity contribution in [1.82, 2.24) is 0 Å². The van der Waals surface area contributed by atoms with Gasteiger partial charge in [0.2, 0.25) is 0 Å². The van der Waals surface area contributed by atoms with Gasteiger partial charge in [-0.25, -0.2) is 4.57 Å². The zero-order chi connectivity index (χ0) is 44.6.